The predicted octanol–water partition coefficient (Wildman–Crippen LogP) is 3.89. The quantitative estimate of drug-likeness (QED) is 0.818. The molecule has 3 N–H and O–H groups in total. The summed E-state index contributed by atoms with van der Waals surface area (Å²) in [5.74, 6) is 0.715. The van der Waals surface area contributed by atoms with E-state index in [-0.39, 0.29) is 18.1 Å². The third-order valence-electron chi connectivity index (χ3n) is 4.94. The van der Waals surface area contributed by atoms with Crippen LogP contribution >= 0.6 is 0 Å². The van der Waals surface area contributed by atoms with Crippen molar-refractivity contribution >= 4 is 23.0 Å². The Morgan fingerprint density at radius 1 is 1.31 bits per heavy atom. The van der Waals surface area contributed by atoms with Gasteiger partial charge in [-0.2, -0.15) is 0 Å². The first kappa shape index (κ1) is 18.1. The van der Waals surface area contributed by atoms with Crippen LogP contribution in [0.25, 0.3) is 0 Å². The normalized spacial score (nSPS) is 17.2. The molecule has 1 amide bonds. The van der Waals surface area contributed by atoms with Gasteiger partial charge in [0.1, 0.15) is 17.9 Å². The maximum absolute atomic E-state index is 12.9. The van der Waals surface area contributed by atoms with Crippen molar-refractivity contribution in [3.8, 4) is 5.75 Å². The van der Waals surface area contributed by atoms with E-state index in [0.29, 0.717) is 12.2 Å². The lowest BCUT2D eigenvalue weighted by molar-refractivity contribution is -0.117. The van der Waals surface area contributed by atoms with Crippen LogP contribution in [0.15, 0.2) is 36.4 Å². The number of carbonyl (C=O) groups excluding carboxylic acids is 1. The average Bonchev–Trinajstić information content (AvgIpc) is 2.62. The fraction of sp³-hybridized carbons (Fsp3) is 0.381. The summed E-state index contributed by atoms with van der Waals surface area (Å²) in [6, 6.07) is 11.4. The molecule has 5 heteroatoms. The van der Waals surface area contributed by atoms with E-state index < -0.39 is 0 Å². The zero-order chi connectivity index (χ0) is 18.8. The molecule has 26 heavy (non-hydrogen) atoms. The first-order valence-electron chi connectivity index (χ1n) is 9.10. The van der Waals surface area contributed by atoms with Gasteiger partial charge in [-0.05, 0) is 56.5 Å². The summed E-state index contributed by atoms with van der Waals surface area (Å²) in [7, 11) is 0. The van der Waals surface area contributed by atoms with E-state index in [1.807, 2.05) is 57.2 Å². The van der Waals surface area contributed by atoms with E-state index in [1.54, 1.807) is 0 Å². The molecule has 2 atom stereocenters. The number of hydrogen-bond acceptors (Lipinski definition) is 4. The summed E-state index contributed by atoms with van der Waals surface area (Å²) in [6.45, 7) is 8.71. The molecule has 3 rings (SSSR count). The first-order chi connectivity index (χ1) is 12.4. The van der Waals surface area contributed by atoms with Gasteiger partial charge < -0.3 is 20.7 Å². The molecule has 1 aliphatic heterocycles. The number of hydrogen-bond donors (Lipinski definition) is 2. The molecule has 2 unspecified atom stereocenters. The topological polar surface area (TPSA) is 67.6 Å². The molecule has 0 bridgehead atoms. The number of anilines is 3. The van der Waals surface area contributed by atoms with Crippen molar-refractivity contribution < 1.29 is 9.53 Å². The largest absolute Gasteiger partial charge is 0.486 e. The van der Waals surface area contributed by atoms with Gasteiger partial charge in [0.15, 0.2) is 0 Å². The fourth-order valence-electron chi connectivity index (χ4n) is 3.23. The SMILES string of the molecule is CCC1CN(C(C)C(=O)Nc2cc(C)ccc2C)c2ccc(N)cc2O1. The Balaban J connectivity index is 1.85. The number of aryl methyl sites for hydroxylation is 2. The highest BCUT2D eigenvalue weighted by atomic mass is 16.5. The van der Waals surface area contributed by atoms with E-state index in [4.69, 9.17) is 10.5 Å². The van der Waals surface area contributed by atoms with Crippen LogP contribution in [0, 0.1) is 13.8 Å². The Labute approximate surface area is 155 Å². The van der Waals surface area contributed by atoms with E-state index in [9.17, 15) is 4.79 Å². The van der Waals surface area contributed by atoms with Gasteiger partial charge in [0.25, 0.3) is 0 Å². The molecule has 1 aliphatic rings. The van der Waals surface area contributed by atoms with Crippen molar-refractivity contribution in [1.82, 2.24) is 0 Å². The molecule has 1 heterocycles. The summed E-state index contributed by atoms with van der Waals surface area (Å²) < 4.78 is 6.02. The molecule has 0 fully saturated rings. The van der Waals surface area contributed by atoms with Gasteiger partial charge in [0.05, 0.1) is 12.2 Å². The molecule has 0 aliphatic carbocycles. The zero-order valence-electron chi connectivity index (χ0n) is 15.9. The van der Waals surface area contributed by atoms with Gasteiger partial charge in [-0.1, -0.05) is 19.1 Å². The highest BCUT2D eigenvalue weighted by molar-refractivity contribution is 5.97. The molecule has 2 aromatic rings. The summed E-state index contributed by atoms with van der Waals surface area (Å²) in [5.41, 5.74) is 10.5. The number of nitrogens with zero attached hydrogens (tertiary/aromatic N) is 1. The minimum Gasteiger partial charge on any atom is -0.486 e. The Morgan fingerprint density at radius 3 is 2.81 bits per heavy atom. The average molecular weight is 353 g/mol. The molecule has 138 valence electrons. The summed E-state index contributed by atoms with van der Waals surface area (Å²) in [4.78, 5) is 15.0. The van der Waals surface area contributed by atoms with Gasteiger partial charge in [-0.15, -0.1) is 0 Å². The van der Waals surface area contributed by atoms with Crippen molar-refractivity contribution in [3.05, 3.63) is 47.5 Å². The van der Waals surface area contributed by atoms with Crippen LogP contribution in [0.3, 0.4) is 0 Å². The van der Waals surface area contributed by atoms with Gasteiger partial charge in [-0.25, -0.2) is 0 Å². The maximum atomic E-state index is 12.9. The summed E-state index contributed by atoms with van der Waals surface area (Å²) >= 11 is 0. The Morgan fingerprint density at radius 2 is 2.08 bits per heavy atom. The van der Waals surface area contributed by atoms with Gasteiger partial charge >= 0.3 is 0 Å². The molecule has 2 aromatic carbocycles. The van der Waals surface area contributed by atoms with Crippen LogP contribution in [0.5, 0.6) is 5.75 Å². The lowest BCUT2D eigenvalue weighted by Gasteiger charge is -2.39. The summed E-state index contributed by atoms with van der Waals surface area (Å²) in [6.07, 6.45) is 0.913. The lowest BCUT2D eigenvalue weighted by Crippen LogP contribution is -2.49. The van der Waals surface area contributed by atoms with Gasteiger partial charge in [0, 0.05) is 17.4 Å². The molecule has 0 saturated carbocycles. The standard InChI is InChI=1S/C21H27N3O2/c1-5-17-12-24(19-9-8-16(22)11-20(19)26-17)15(4)21(25)23-18-10-13(2)6-7-14(18)3/h6-11,15,17H,5,12,22H2,1-4H3,(H,23,25). The van der Waals surface area contributed by atoms with Crippen molar-refractivity contribution in [2.24, 2.45) is 0 Å². The number of ether oxygens (including phenoxy) is 1. The van der Waals surface area contributed by atoms with E-state index in [1.165, 1.54) is 0 Å². The molecular formula is C21H27N3O2. The predicted molar refractivity (Wildman–Crippen MR) is 107 cm³/mol. The monoisotopic (exact) mass is 353 g/mol. The smallest absolute Gasteiger partial charge is 0.246 e. The van der Waals surface area contributed by atoms with Gasteiger partial charge in [-0.3, -0.25) is 4.79 Å². The van der Waals surface area contributed by atoms with Crippen LogP contribution in [-0.2, 0) is 4.79 Å². The van der Waals surface area contributed by atoms with Crippen molar-refractivity contribution in [2.45, 2.75) is 46.3 Å². The van der Waals surface area contributed by atoms with Gasteiger partial charge in [0.2, 0.25) is 5.91 Å². The molecule has 0 saturated heterocycles. The minimum atomic E-state index is -0.324. The third-order valence-corrected chi connectivity index (χ3v) is 4.94. The zero-order valence-corrected chi connectivity index (χ0v) is 15.9. The number of rotatable bonds is 4. The van der Waals surface area contributed by atoms with Crippen molar-refractivity contribution in [3.63, 3.8) is 0 Å². The number of nitrogen functional groups attached to an aromatic ring is 1. The highest BCUT2D eigenvalue weighted by Gasteiger charge is 2.31. The van der Waals surface area contributed by atoms with Crippen LogP contribution < -0.4 is 20.7 Å². The molecule has 0 spiro atoms. The number of amides is 1. The Hall–Kier alpha value is -2.69. The number of nitrogens with two attached hydrogens (primary N) is 1. The molecule has 0 radical (unpaired) electrons. The second-order valence-electron chi connectivity index (χ2n) is 7.01. The van der Waals surface area contributed by atoms with E-state index in [0.717, 1.165) is 34.7 Å². The Kier molecular flexibility index (Phi) is 5.07. The molecule has 5 nitrogen and oxygen atoms in total. The van der Waals surface area contributed by atoms with Crippen LogP contribution in [0.1, 0.15) is 31.4 Å². The van der Waals surface area contributed by atoms with E-state index >= 15 is 0 Å². The molecular weight excluding hydrogens is 326 g/mol. The number of carbonyl (C=O) groups is 1. The number of fused-ring (bicyclic) bond motifs is 1. The lowest BCUT2D eigenvalue weighted by atomic mass is 10.1. The minimum absolute atomic E-state index is 0.0294. The van der Waals surface area contributed by atoms with Crippen molar-refractivity contribution in [1.29, 1.82) is 0 Å². The van der Waals surface area contributed by atoms with Crippen LogP contribution in [0.2, 0.25) is 0 Å². The Bertz CT molecular complexity index is 819. The second kappa shape index (κ2) is 7.28. The summed E-state index contributed by atoms with van der Waals surface area (Å²) in [5, 5.41) is 3.08. The number of benzene rings is 2. The van der Waals surface area contributed by atoms with E-state index in [2.05, 4.69) is 17.1 Å². The van der Waals surface area contributed by atoms with Crippen LogP contribution in [-0.4, -0.2) is 24.6 Å². The van der Waals surface area contributed by atoms with Crippen LogP contribution in [0.4, 0.5) is 17.1 Å². The highest BCUT2D eigenvalue weighted by Crippen LogP contribution is 2.37. The second-order valence-corrected chi connectivity index (χ2v) is 7.01. The van der Waals surface area contributed by atoms with Crippen molar-refractivity contribution in [2.75, 3.05) is 22.5 Å². The first-order valence-corrected chi connectivity index (χ1v) is 9.10. The maximum Gasteiger partial charge on any atom is 0.246 e. The molecule has 0 aromatic heterocycles. The number of nitrogens with one attached hydrogen (secondary N) is 1. The fourth-order valence-corrected chi connectivity index (χ4v) is 3.23. The third kappa shape index (κ3) is 3.62.